The van der Waals surface area contributed by atoms with Gasteiger partial charge in [-0.05, 0) is 24.6 Å². The Bertz CT molecular complexity index is 349. The summed E-state index contributed by atoms with van der Waals surface area (Å²) in [6, 6.07) is 7.16. The molecule has 1 aromatic rings. The normalized spacial score (nSPS) is 12.2. The molecule has 16 heavy (non-hydrogen) atoms. The highest BCUT2D eigenvalue weighted by atomic mass is 35.5. The summed E-state index contributed by atoms with van der Waals surface area (Å²) in [7, 11) is 1.67. The molecular weight excluding hydrogens is 226 g/mol. The van der Waals surface area contributed by atoms with Crippen LogP contribution in [0.5, 0.6) is 0 Å². The third-order valence-electron chi connectivity index (χ3n) is 2.24. The molecule has 0 heterocycles. The van der Waals surface area contributed by atoms with E-state index in [1.165, 1.54) is 4.90 Å². The lowest BCUT2D eigenvalue weighted by Gasteiger charge is -2.18. The Morgan fingerprint density at radius 3 is 2.44 bits per heavy atom. The molecule has 0 aliphatic carbocycles. The predicted octanol–water partition coefficient (Wildman–Crippen LogP) is 1.88. The molecular formula is C12H16ClNO2. The SMILES string of the molecule is CC(O)CN(C)C(=O)c1ccc(CCl)cc1. The lowest BCUT2D eigenvalue weighted by atomic mass is 10.1. The van der Waals surface area contributed by atoms with Gasteiger partial charge in [-0.15, -0.1) is 11.6 Å². The van der Waals surface area contributed by atoms with Crippen LogP contribution >= 0.6 is 11.6 Å². The molecule has 1 aromatic carbocycles. The quantitative estimate of drug-likeness (QED) is 0.818. The van der Waals surface area contributed by atoms with Gasteiger partial charge in [-0.3, -0.25) is 4.79 Å². The average molecular weight is 242 g/mol. The highest BCUT2D eigenvalue weighted by Gasteiger charge is 2.12. The minimum atomic E-state index is -0.518. The van der Waals surface area contributed by atoms with Crippen molar-refractivity contribution in [3.63, 3.8) is 0 Å². The number of amides is 1. The van der Waals surface area contributed by atoms with Crippen molar-refractivity contribution in [1.29, 1.82) is 0 Å². The van der Waals surface area contributed by atoms with Crippen molar-refractivity contribution in [2.45, 2.75) is 18.9 Å². The highest BCUT2D eigenvalue weighted by molar-refractivity contribution is 6.17. The Kier molecular flexibility index (Phi) is 4.77. The van der Waals surface area contributed by atoms with Crippen LogP contribution in [0.3, 0.4) is 0 Å². The first-order valence-electron chi connectivity index (χ1n) is 5.13. The van der Waals surface area contributed by atoms with Crippen LogP contribution < -0.4 is 0 Å². The summed E-state index contributed by atoms with van der Waals surface area (Å²) in [6.07, 6.45) is -0.518. The monoisotopic (exact) mass is 241 g/mol. The molecule has 0 radical (unpaired) electrons. The minimum absolute atomic E-state index is 0.0953. The Labute approximate surface area is 101 Å². The molecule has 0 saturated heterocycles. The molecule has 1 amide bonds. The maximum atomic E-state index is 11.9. The van der Waals surface area contributed by atoms with Gasteiger partial charge in [0.05, 0.1) is 6.10 Å². The predicted molar refractivity (Wildman–Crippen MR) is 64.6 cm³/mol. The van der Waals surface area contributed by atoms with Crippen LogP contribution in [-0.4, -0.2) is 35.6 Å². The Balaban J connectivity index is 2.72. The standard InChI is InChI=1S/C12H16ClNO2/c1-9(15)8-14(2)12(16)11-5-3-10(7-13)4-6-11/h3-6,9,15H,7-8H2,1-2H3. The van der Waals surface area contributed by atoms with Gasteiger partial charge in [0.25, 0.3) is 5.91 Å². The fourth-order valence-electron chi connectivity index (χ4n) is 1.44. The highest BCUT2D eigenvalue weighted by Crippen LogP contribution is 2.09. The summed E-state index contributed by atoms with van der Waals surface area (Å²) in [5.41, 5.74) is 1.59. The largest absolute Gasteiger partial charge is 0.392 e. The molecule has 0 saturated carbocycles. The second-order valence-electron chi connectivity index (χ2n) is 3.87. The average Bonchev–Trinajstić information content (AvgIpc) is 2.27. The molecule has 0 aliphatic rings. The van der Waals surface area contributed by atoms with Gasteiger partial charge in [0.1, 0.15) is 0 Å². The van der Waals surface area contributed by atoms with Gasteiger partial charge >= 0.3 is 0 Å². The van der Waals surface area contributed by atoms with E-state index in [1.807, 2.05) is 12.1 Å². The van der Waals surface area contributed by atoms with E-state index in [0.29, 0.717) is 18.0 Å². The number of hydrogen-bond donors (Lipinski definition) is 1. The number of aliphatic hydroxyl groups excluding tert-OH is 1. The van der Waals surface area contributed by atoms with Crippen LogP contribution in [0.25, 0.3) is 0 Å². The van der Waals surface area contributed by atoms with E-state index in [4.69, 9.17) is 11.6 Å². The number of rotatable bonds is 4. The number of carbonyl (C=O) groups excluding carboxylic acids is 1. The fourth-order valence-corrected chi connectivity index (χ4v) is 1.61. The third kappa shape index (κ3) is 3.51. The van der Waals surface area contributed by atoms with Gasteiger partial charge in [0.2, 0.25) is 0 Å². The van der Waals surface area contributed by atoms with Gasteiger partial charge in [-0.25, -0.2) is 0 Å². The molecule has 0 bridgehead atoms. The van der Waals surface area contributed by atoms with Gasteiger partial charge in [-0.2, -0.15) is 0 Å². The van der Waals surface area contributed by atoms with Crippen molar-refractivity contribution in [3.8, 4) is 0 Å². The molecule has 0 spiro atoms. The number of hydrogen-bond acceptors (Lipinski definition) is 2. The zero-order valence-electron chi connectivity index (χ0n) is 9.48. The Morgan fingerprint density at radius 1 is 1.44 bits per heavy atom. The van der Waals surface area contributed by atoms with Crippen molar-refractivity contribution in [2.24, 2.45) is 0 Å². The van der Waals surface area contributed by atoms with Crippen LogP contribution in [0.15, 0.2) is 24.3 Å². The van der Waals surface area contributed by atoms with E-state index in [1.54, 1.807) is 26.1 Å². The summed E-state index contributed by atoms with van der Waals surface area (Å²) in [5, 5.41) is 9.19. The topological polar surface area (TPSA) is 40.5 Å². The number of aliphatic hydroxyl groups is 1. The first-order chi connectivity index (χ1) is 7.54. The molecule has 0 aliphatic heterocycles. The summed E-state index contributed by atoms with van der Waals surface area (Å²) in [5.74, 6) is 0.347. The Morgan fingerprint density at radius 2 is 2.00 bits per heavy atom. The van der Waals surface area contributed by atoms with Crippen LogP contribution in [0, 0.1) is 0 Å². The molecule has 0 fully saturated rings. The maximum Gasteiger partial charge on any atom is 0.253 e. The van der Waals surface area contributed by atoms with E-state index in [9.17, 15) is 9.90 Å². The molecule has 0 aromatic heterocycles. The summed E-state index contributed by atoms with van der Waals surface area (Å²) >= 11 is 5.66. The molecule has 3 nitrogen and oxygen atoms in total. The lowest BCUT2D eigenvalue weighted by molar-refractivity contribution is 0.0703. The number of likely N-dealkylation sites (N-methyl/N-ethyl adjacent to an activating group) is 1. The van der Waals surface area contributed by atoms with Gasteiger partial charge in [0, 0.05) is 25.0 Å². The number of nitrogens with zero attached hydrogens (tertiary/aromatic N) is 1. The van der Waals surface area contributed by atoms with E-state index in [0.717, 1.165) is 5.56 Å². The molecule has 1 atom stereocenters. The second kappa shape index (κ2) is 5.87. The first kappa shape index (κ1) is 13.0. The minimum Gasteiger partial charge on any atom is -0.392 e. The number of carbonyl (C=O) groups is 1. The van der Waals surface area contributed by atoms with Crippen LogP contribution in [0.2, 0.25) is 0 Å². The van der Waals surface area contributed by atoms with Crippen LogP contribution in [0.4, 0.5) is 0 Å². The summed E-state index contributed by atoms with van der Waals surface area (Å²) in [6.45, 7) is 1.98. The molecule has 1 rings (SSSR count). The van der Waals surface area contributed by atoms with Crippen molar-refractivity contribution in [3.05, 3.63) is 35.4 Å². The number of alkyl halides is 1. The van der Waals surface area contributed by atoms with Gasteiger partial charge in [0.15, 0.2) is 0 Å². The smallest absolute Gasteiger partial charge is 0.253 e. The van der Waals surface area contributed by atoms with Crippen molar-refractivity contribution in [1.82, 2.24) is 4.90 Å². The number of benzene rings is 1. The first-order valence-corrected chi connectivity index (χ1v) is 5.66. The lowest BCUT2D eigenvalue weighted by Crippen LogP contribution is -2.32. The second-order valence-corrected chi connectivity index (χ2v) is 4.13. The van der Waals surface area contributed by atoms with Gasteiger partial charge in [-0.1, -0.05) is 12.1 Å². The van der Waals surface area contributed by atoms with Gasteiger partial charge < -0.3 is 10.0 Å². The maximum absolute atomic E-state index is 11.9. The van der Waals surface area contributed by atoms with Crippen LogP contribution in [0.1, 0.15) is 22.8 Å². The zero-order chi connectivity index (χ0) is 12.1. The van der Waals surface area contributed by atoms with E-state index >= 15 is 0 Å². The van der Waals surface area contributed by atoms with Crippen molar-refractivity contribution in [2.75, 3.05) is 13.6 Å². The van der Waals surface area contributed by atoms with Crippen molar-refractivity contribution < 1.29 is 9.90 Å². The Hall–Kier alpha value is -1.06. The molecule has 1 N–H and O–H groups in total. The number of halogens is 1. The molecule has 4 heteroatoms. The van der Waals surface area contributed by atoms with E-state index < -0.39 is 6.10 Å². The van der Waals surface area contributed by atoms with Crippen molar-refractivity contribution >= 4 is 17.5 Å². The summed E-state index contributed by atoms with van der Waals surface area (Å²) in [4.78, 5) is 13.4. The fraction of sp³-hybridized carbons (Fsp3) is 0.417. The van der Waals surface area contributed by atoms with Crippen LogP contribution in [-0.2, 0) is 5.88 Å². The molecule has 88 valence electrons. The summed E-state index contributed by atoms with van der Waals surface area (Å²) < 4.78 is 0. The third-order valence-corrected chi connectivity index (χ3v) is 2.55. The van der Waals surface area contributed by atoms with E-state index in [2.05, 4.69) is 0 Å². The zero-order valence-corrected chi connectivity index (χ0v) is 10.2. The van der Waals surface area contributed by atoms with E-state index in [-0.39, 0.29) is 5.91 Å². The molecule has 1 unspecified atom stereocenters.